The molecule has 0 heterocycles. The molecular formula is C14H20N2. The fraction of sp³-hybridized carbons (Fsp3) is 0.500. The van der Waals surface area contributed by atoms with Gasteiger partial charge in [-0.15, -0.1) is 0 Å². The van der Waals surface area contributed by atoms with E-state index >= 15 is 0 Å². The van der Waals surface area contributed by atoms with E-state index in [9.17, 15) is 0 Å². The fourth-order valence-electron chi connectivity index (χ4n) is 1.80. The molecule has 16 heavy (non-hydrogen) atoms. The van der Waals surface area contributed by atoms with Gasteiger partial charge in [0.15, 0.2) is 0 Å². The van der Waals surface area contributed by atoms with Gasteiger partial charge in [-0.25, -0.2) is 0 Å². The molecule has 1 rings (SSSR count). The lowest BCUT2D eigenvalue weighted by Gasteiger charge is -2.34. The Labute approximate surface area is 98.5 Å². The Balaban J connectivity index is 2.91. The summed E-state index contributed by atoms with van der Waals surface area (Å²) in [6.45, 7) is 10.6. The second-order valence-corrected chi connectivity index (χ2v) is 4.95. The van der Waals surface area contributed by atoms with Crippen LogP contribution in [0.15, 0.2) is 24.3 Å². The minimum absolute atomic E-state index is 0.136. The van der Waals surface area contributed by atoms with Gasteiger partial charge in [-0.3, -0.25) is 4.90 Å². The number of rotatable bonds is 3. The van der Waals surface area contributed by atoms with Crippen LogP contribution in [0.5, 0.6) is 0 Å². The molecule has 0 aromatic heterocycles. The molecule has 0 atom stereocenters. The zero-order valence-electron chi connectivity index (χ0n) is 10.6. The predicted octanol–water partition coefficient (Wildman–Crippen LogP) is 3.18. The third-order valence-electron chi connectivity index (χ3n) is 2.83. The van der Waals surface area contributed by atoms with E-state index in [1.807, 2.05) is 24.3 Å². The van der Waals surface area contributed by atoms with Crippen molar-refractivity contribution in [1.29, 1.82) is 5.26 Å². The Morgan fingerprint density at radius 2 is 1.88 bits per heavy atom. The average Bonchev–Trinajstić information content (AvgIpc) is 2.24. The van der Waals surface area contributed by atoms with Gasteiger partial charge in [-0.05, 0) is 38.9 Å². The minimum Gasteiger partial charge on any atom is -0.294 e. The first kappa shape index (κ1) is 12.7. The van der Waals surface area contributed by atoms with Crippen molar-refractivity contribution in [3.8, 4) is 6.07 Å². The Kier molecular flexibility index (Phi) is 4.09. The average molecular weight is 216 g/mol. The second kappa shape index (κ2) is 5.14. The van der Waals surface area contributed by atoms with Crippen molar-refractivity contribution in [3.63, 3.8) is 0 Å². The topological polar surface area (TPSA) is 27.0 Å². The first-order valence-electron chi connectivity index (χ1n) is 5.72. The Morgan fingerprint density at radius 1 is 1.25 bits per heavy atom. The molecule has 0 N–H and O–H groups in total. The van der Waals surface area contributed by atoms with E-state index < -0.39 is 0 Å². The van der Waals surface area contributed by atoms with E-state index in [-0.39, 0.29) is 5.54 Å². The summed E-state index contributed by atoms with van der Waals surface area (Å²) in [6.07, 6.45) is 0. The van der Waals surface area contributed by atoms with Crippen molar-refractivity contribution in [2.75, 3.05) is 6.54 Å². The van der Waals surface area contributed by atoms with Crippen LogP contribution in [0.1, 0.15) is 38.8 Å². The number of nitrogens with zero attached hydrogens (tertiary/aromatic N) is 2. The monoisotopic (exact) mass is 216 g/mol. The molecule has 0 radical (unpaired) electrons. The van der Waals surface area contributed by atoms with Gasteiger partial charge in [0.1, 0.15) is 0 Å². The van der Waals surface area contributed by atoms with E-state index in [1.54, 1.807) is 0 Å². The number of hydrogen-bond acceptors (Lipinski definition) is 2. The molecule has 0 aliphatic carbocycles. The summed E-state index contributed by atoms with van der Waals surface area (Å²) >= 11 is 0. The summed E-state index contributed by atoms with van der Waals surface area (Å²) in [5.41, 5.74) is 2.03. The fourth-order valence-corrected chi connectivity index (χ4v) is 1.80. The highest BCUT2D eigenvalue weighted by atomic mass is 15.2. The van der Waals surface area contributed by atoms with E-state index in [0.29, 0.717) is 0 Å². The first-order valence-corrected chi connectivity index (χ1v) is 5.72. The van der Waals surface area contributed by atoms with Crippen LogP contribution in [-0.2, 0) is 6.54 Å². The van der Waals surface area contributed by atoms with Crippen LogP contribution in [0.2, 0.25) is 0 Å². The van der Waals surface area contributed by atoms with Gasteiger partial charge in [-0.2, -0.15) is 5.26 Å². The standard InChI is InChI=1S/C14H20N2/c1-5-16(14(2,3)4)11-13-9-7-6-8-12(13)10-15/h6-9H,5,11H2,1-4H3. The van der Waals surface area contributed by atoms with Gasteiger partial charge >= 0.3 is 0 Å². The lowest BCUT2D eigenvalue weighted by Crippen LogP contribution is -2.40. The number of nitriles is 1. The van der Waals surface area contributed by atoms with Gasteiger partial charge in [0, 0.05) is 12.1 Å². The van der Waals surface area contributed by atoms with E-state index in [1.165, 1.54) is 0 Å². The van der Waals surface area contributed by atoms with Crippen molar-refractivity contribution in [3.05, 3.63) is 35.4 Å². The first-order chi connectivity index (χ1) is 7.49. The molecule has 0 saturated carbocycles. The van der Waals surface area contributed by atoms with Crippen molar-refractivity contribution >= 4 is 0 Å². The summed E-state index contributed by atoms with van der Waals surface area (Å²) in [7, 11) is 0. The molecule has 1 aromatic rings. The van der Waals surface area contributed by atoms with E-state index in [4.69, 9.17) is 5.26 Å². The number of hydrogen-bond donors (Lipinski definition) is 0. The maximum Gasteiger partial charge on any atom is 0.0995 e. The van der Waals surface area contributed by atoms with Crippen molar-refractivity contribution in [2.45, 2.75) is 39.8 Å². The number of benzene rings is 1. The highest BCUT2D eigenvalue weighted by Gasteiger charge is 2.20. The van der Waals surface area contributed by atoms with E-state index in [0.717, 1.165) is 24.2 Å². The van der Waals surface area contributed by atoms with Crippen LogP contribution in [0.4, 0.5) is 0 Å². The summed E-state index contributed by atoms with van der Waals surface area (Å²) in [6, 6.07) is 10.1. The van der Waals surface area contributed by atoms with Crippen LogP contribution in [-0.4, -0.2) is 17.0 Å². The van der Waals surface area contributed by atoms with Crippen LogP contribution in [0.25, 0.3) is 0 Å². The molecular weight excluding hydrogens is 196 g/mol. The predicted molar refractivity (Wildman–Crippen MR) is 67.0 cm³/mol. The molecule has 0 spiro atoms. The minimum atomic E-state index is 0.136. The normalized spacial score (nSPS) is 11.5. The summed E-state index contributed by atoms with van der Waals surface area (Å²) in [4.78, 5) is 2.36. The van der Waals surface area contributed by atoms with Gasteiger partial charge in [-0.1, -0.05) is 25.1 Å². The molecule has 86 valence electrons. The van der Waals surface area contributed by atoms with Crippen molar-refractivity contribution in [1.82, 2.24) is 4.90 Å². The van der Waals surface area contributed by atoms with Crippen LogP contribution >= 0.6 is 0 Å². The van der Waals surface area contributed by atoms with Crippen LogP contribution in [0.3, 0.4) is 0 Å². The molecule has 2 nitrogen and oxygen atoms in total. The van der Waals surface area contributed by atoms with Gasteiger partial charge < -0.3 is 0 Å². The Bertz CT molecular complexity index is 382. The highest BCUT2D eigenvalue weighted by molar-refractivity contribution is 5.37. The largest absolute Gasteiger partial charge is 0.294 e. The molecule has 0 saturated heterocycles. The van der Waals surface area contributed by atoms with Gasteiger partial charge in [0.2, 0.25) is 0 Å². The lowest BCUT2D eigenvalue weighted by molar-refractivity contribution is 0.136. The second-order valence-electron chi connectivity index (χ2n) is 4.95. The molecule has 0 aliphatic heterocycles. The quantitative estimate of drug-likeness (QED) is 0.776. The molecule has 0 amide bonds. The Hall–Kier alpha value is -1.33. The van der Waals surface area contributed by atoms with Crippen molar-refractivity contribution in [2.24, 2.45) is 0 Å². The van der Waals surface area contributed by atoms with Gasteiger partial charge in [0.25, 0.3) is 0 Å². The van der Waals surface area contributed by atoms with Crippen LogP contribution in [0, 0.1) is 11.3 Å². The molecule has 1 aromatic carbocycles. The zero-order chi connectivity index (χ0) is 12.2. The SMILES string of the molecule is CCN(Cc1ccccc1C#N)C(C)(C)C. The molecule has 0 fully saturated rings. The van der Waals surface area contributed by atoms with E-state index in [2.05, 4.69) is 38.7 Å². The molecule has 0 unspecified atom stereocenters. The lowest BCUT2D eigenvalue weighted by atomic mass is 10.0. The summed E-state index contributed by atoms with van der Waals surface area (Å²) in [5.74, 6) is 0. The zero-order valence-corrected chi connectivity index (χ0v) is 10.6. The highest BCUT2D eigenvalue weighted by Crippen LogP contribution is 2.18. The van der Waals surface area contributed by atoms with Gasteiger partial charge in [0.05, 0.1) is 11.6 Å². The third-order valence-corrected chi connectivity index (χ3v) is 2.83. The molecule has 0 bridgehead atoms. The summed E-state index contributed by atoms with van der Waals surface area (Å²) < 4.78 is 0. The Morgan fingerprint density at radius 3 is 2.38 bits per heavy atom. The summed E-state index contributed by atoms with van der Waals surface area (Å²) in [5, 5.41) is 9.04. The smallest absolute Gasteiger partial charge is 0.0995 e. The maximum absolute atomic E-state index is 9.04. The van der Waals surface area contributed by atoms with Crippen LogP contribution < -0.4 is 0 Å². The molecule has 2 heteroatoms. The third kappa shape index (κ3) is 3.08. The van der Waals surface area contributed by atoms with Crippen molar-refractivity contribution < 1.29 is 0 Å². The maximum atomic E-state index is 9.04. The molecule has 0 aliphatic rings.